The average molecular weight is 564 g/mol. The molecule has 0 saturated heterocycles. The van der Waals surface area contributed by atoms with Crippen molar-refractivity contribution in [3.8, 4) is 0 Å². The second kappa shape index (κ2) is 27.1. The molecule has 0 radical (unpaired) electrons. The molecule has 0 aliphatic rings. The van der Waals surface area contributed by atoms with Gasteiger partial charge in [-0.3, -0.25) is 5.41 Å². The number of nitrogens with zero attached hydrogens (tertiary/aromatic N) is 2. The molecule has 0 heterocycles. The highest BCUT2D eigenvalue weighted by atomic mass is 15.4. The first-order valence-electron chi connectivity index (χ1n) is 18.2. The van der Waals surface area contributed by atoms with E-state index < -0.39 is 0 Å². The van der Waals surface area contributed by atoms with Crippen LogP contribution >= 0.6 is 0 Å². The molecule has 1 N–H and O–H groups in total. The Morgan fingerprint density at radius 3 is 0.750 bits per heavy atom. The number of unbranched alkanes of at least 4 members (excludes halogenated alkanes) is 12. The van der Waals surface area contributed by atoms with Gasteiger partial charge in [-0.05, 0) is 49.4 Å². The predicted octanol–water partition coefficient (Wildman–Crippen LogP) is 12.0. The largest absolute Gasteiger partial charge is 0.343 e. The molecule has 0 fully saturated rings. The van der Waals surface area contributed by atoms with Crippen LogP contribution in [0.4, 0.5) is 0 Å². The van der Waals surface area contributed by atoms with Crippen LogP contribution in [0.1, 0.15) is 184 Å². The maximum Gasteiger partial charge on any atom is 0.193 e. The van der Waals surface area contributed by atoms with Crippen LogP contribution in [0.15, 0.2) is 0 Å². The Morgan fingerprint density at radius 2 is 0.550 bits per heavy atom. The van der Waals surface area contributed by atoms with Crippen LogP contribution in [0, 0.1) is 29.1 Å². The molecule has 0 amide bonds. The molecule has 0 aliphatic carbocycles. The van der Waals surface area contributed by atoms with Crippen LogP contribution in [-0.2, 0) is 0 Å². The molecule has 0 saturated carbocycles. The minimum Gasteiger partial charge on any atom is -0.343 e. The van der Waals surface area contributed by atoms with Crippen molar-refractivity contribution >= 4 is 5.96 Å². The van der Waals surface area contributed by atoms with Crippen LogP contribution in [0.25, 0.3) is 0 Å². The van der Waals surface area contributed by atoms with Crippen molar-refractivity contribution in [1.29, 1.82) is 5.41 Å². The summed E-state index contributed by atoms with van der Waals surface area (Å²) in [5, 5.41) is 9.35. The number of nitrogens with one attached hydrogen (secondary N) is 1. The van der Waals surface area contributed by atoms with Gasteiger partial charge in [-0.2, -0.15) is 0 Å². The SMILES string of the molecule is CC(C)CCCCCCN(CCCCCCC(C)C)C(=N)N(CCCCCCC(C)C)CCCCCCC(C)C. The molecule has 240 valence electrons. The van der Waals surface area contributed by atoms with Crippen molar-refractivity contribution < 1.29 is 0 Å². The quantitative estimate of drug-likeness (QED) is 0.0583. The standard InChI is InChI=1S/C37H77N3/c1-33(2)25-17-9-13-21-29-39(30-22-14-10-18-26-34(3)4)37(38)40(31-23-15-11-19-27-35(5)6)32-24-16-12-20-28-36(7)8/h33-36,38H,9-32H2,1-8H3. The minimum atomic E-state index is 0.824. The molecule has 0 aromatic carbocycles. The van der Waals surface area contributed by atoms with E-state index in [-0.39, 0.29) is 0 Å². The summed E-state index contributed by atoms with van der Waals surface area (Å²) in [6, 6.07) is 0. The van der Waals surface area contributed by atoms with Crippen molar-refractivity contribution in [1.82, 2.24) is 9.80 Å². The highest BCUT2D eigenvalue weighted by Crippen LogP contribution is 2.16. The number of hydrogen-bond acceptors (Lipinski definition) is 1. The molecule has 40 heavy (non-hydrogen) atoms. The van der Waals surface area contributed by atoms with E-state index in [0.717, 1.165) is 55.8 Å². The van der Waals surface area contributed by atoms with Gasteiger partial charge in [0.15, 0.2) is 5.96 Å². The van der Waals surface area contributed by atoms with Gasteiger partial charge in [0.05, 0.1) is 0 Å². The fourth-order valence-electron chi connectivity index (χ4n) is 5.68. The van der Waals surface area contributed by atoms with Crippen LogP contribution in [-0.4, -0.2) is 41.9 Å². The van der Waals surface area contributed by atoms with Gasteiger partial charge in [-0.25, -0.2) is 0 Å². The molecule has 0 bridgehead atoms. The topological polar surface area (TPSA) is 30.3 Å². The molecule has 0 spiro atoms. The number of hydrogen-bond donors (Lipinski definition) is 1. The fraction of sp³-hybridized carbons (Fsp3) is 0.973. The van der Waals surface area contributed by atoms with E-state index in [0.29, 0.717) is 0 Å². The van der Waals surface area contributed by atoms with E-state index in [1.807, 2.05) is 0 Å². The Balaban J connectivity index is 4.95. The third-order valence-corrected chi connectivity index (χ3v) is 8.44. The van der Waals surface area contributed by atoms with Gasteiger partial charge in [0.1, 0.15) is 0 Å². The summed E-state index contributed by atoms with van der Waals surface area (Å²) in [5.41, 5.74) is 0. The Hall–Kier alpha value is -0.730. The van der Waals surface area contributed by atoms with Crippen molar-refractivity contribution in [2.24, 2.45) is 23.7 Å². The average Bonchev–Trinajstić information content (AvgIpc) is 2.88. The van der Waals surface area contributed by atoms with E-state index >= 15 is 0 Å². The van der Waals surface area contributed by atoms with E-state index in [1.54, 1.807) is 0 Å². The third kappa shape index (κ3) is 26.2. The van der Waals surface area contributed by atoms with E-state index in [9.17, 15) is 5.41 Å². The van der Waals surface area contributed by atoms with Gasteiger partial charge in [-0.15, -0.1) is 0 Å². The number of rotatable bonds is 28. The normalized spacial score (nSPS) is 11.9. The lowest BCUT2D eigenvalue weighted by Crippen LogP contribution is -2.45. The van der Waals surface area contributed by atoms with Crippen molar-refractivity contribution in [2.45, 2.75) is 184 Å². The van der Waals surface area contributed by atoms with E-state index in [2.05, 4.69) is 65.2 Å². The second-order valence-corrected chi connectivity index (χ2v) is 14.7. The third-order valence-electron chi connectivity index (χ3n) is 8.44. The summed E-state index contributed by atoms with van der Waals surface area (Å²) in [6.07, 6.45) is 26.5. The maximum absolute atomic E-state index is 9.35. The smallest absolute Gasteiger partial charge is 0.193 e. The zero-order valence-corrected chi connectivity index (χ0v) is 29.2. The van der Waals surface area contributed by atoms with Crippen molar-refractivity contribution in [3.63, 3.8) is 0 Å². The van der Waals surface area contributed by atoms with Crippen LogP contribution < -0.4 is 0 Å². The van der Waals surface area contributed by atoms with Crippen molar-refractivity contribution in [2.75, 3.05) is 26.2 Å². The van der Waals surface area contributed by atoms with Crippen molar-refractivity contribution in [3.05, 3.63) is 0 Å². The van der Waals surface area contributed by atoms with Crippen LogP contribution in [0.5, 0.6) is 0 Å². The molecule has 0 aromatic heterocycles. The van der Waals surface area contributed by atoms with Gasteiger partial charge in [0.2, 0.25) is 0 Å². The molecular weight excluding hydrogens is 486 g/mol. The van der Waals surface area contributed by atoms with Crippen LogP contribution in [0.2, 0.25) is 0 Å². The fourth-order valence-corrected chi connectivity index (χ4v) is 5.68. The highest BCUT2D eigenvalue weighted by molar-refractivity contribution is 5.76. The Kier molecular flexibility index (Phi) is 26.6. The van der Waals surface area contributed by atoms with E-state index in [1.165, 1.54) is 128 Å². The molecule has 0 atom stereocenters. The zero-order valence-electron chi connectivity index (χ0n) is 29.2. The molecule has 0 rings (SSSR count). The summed E-state index contributed by atoms with van der Waals surface area (Å²) >= 11 is 0. The van der Waals surface area contributed by atoms with Gasteiger partial charge >= 0.3 is 0 Å². The monoisotopic (exact) mass is 564 g/mol. The molecule has 0 unspecified atom stereocenters. The lowest BCUT2D eigenvalue weighted by Gasteiger charge is -2.34. The summed E-state index contributed by atoms with van der Waals surface area (Å²) in [6.45, 7) is 23.0. The first-order valence-corrected chi connectivity index (χ1v) is 18.2. The first kappa shape index (κ1) is 39.3. The molecule has 0 aliphatic heterocycles. The van der Waals surface area contributed by atoms with Crippen LogP contribution in [0.3, 0.4) is 0 Å². The number of guanidine groups is 1. The maximum atomic E-state index is 9.35. The van der Waals surface area contributed by atoms with Gasteiger partial charge in [0.25, 0.3) is 0 Å². The molecule has 0 aromatic rings. The molecular formula is C37H77N3. The summed E-state index contributed by atoms with van der Waals surface area (Å²) in [7, 11) is 0. The van der Waals surface area contributed by atoms with Gasteiger partial charge < -0.3 is 9.80 Å². The predicted molar refractivity (Wildman–Crippen MR) is 183 cm³/mol. The second-order valence-electron chi connectivity index (χ2n) is 14.7. The highest BCUT2D eigenvalue weighted by Gasteiger charge is 2.17. The summed E-state index contributed by atoms with van der Waals surface area (Å²) in [4.78, 5) is 4.95. The Morgan fingerprint density at radius 1 is 0.350 bits per heavy atom. The lowest BCUT2D eigenvalue weighted by molar-refractivity contribution is 0.290. The van der Waals surface area contributed by atoms with E-state index in [4.69, 9.17) is 0 Å². The summed E-state index contributed by atoms with van der Waals surface area (Å²) < 4.78 is 0. The summed E-state index contributed by atoms with van der Waals surface area (Å²) in [5.74, 6) is 4.14. The Labute approximate surface area is 254 Å². The van der Waals surface area contributed by atoms with Gasteiger partial charge in [0, 0.05) is 26.2 Å². The van der Waals surface area contributed by atoms with Gasteiger partial charge in [-0.1, -0.05) is 158 Å². The molecule has 3 nitrogen and oxygen atoms in total. The zero-order chi connectivity index (χ0) is 30.0. The minimum absolute atomic E-state index is 0.824. The Bertz CT molecular complexity index is 454. The first-order chi connectivity index (χ1) is 19.1. The molecule has 3 heteroatoms. The lowest BCUT2D eigenvalue weighted by atomic mass is 10.0.